The predicted molar refractivity (Wildman–Crippen MR) is 98.7 cm³/mol. The Morgan fingerprint density at radius 2 is 2.38 bits per heavy atom. The third-order valence-electron chi connectivity index (χ3n) is 3.17. The average molecular weight is 424 g/mol. The molecule has 5 nitrogen and oxygen atoms in total. The van der Waals surface area contributed by atoms with Gasteiger partial charge in [0.15, 0.2) is 5.96 Å². The van der Waals surface area contributed by atoms with Crippen LogP contribution in [0.1, 0.15) is 36.1 Å². The number of aromatic nitrogens is 1. The summed E-state index contributed by atoms with van der Waals surface area (Å²) in [5.74, 6) is 0.860. The zero-order valence-electron chi connectivity index (χ0n) is 12.7. The number of guanidine groups is 1. The molecule has 7 heteroatoms. The minimum atomic E-state index is 0. The molecule has 0 bridgehead atoms. The summed E-state index contributed by atoms with van der Waals surface area (Å²) in [4.78, 5) is 10.1. The van der Waals surface area contributed by atoms with Gasteiger partial charge in [0.1, 0.15) is 5.01 Å². The van der Waals surface area contributed by atoms with E-state index in [4.69, 9.17) is 4.74 Å². The predicted octanol–water partition coefficient (Wildman–Crippen LogP) is 2.69. The third-order valence-corrected chi connectivity index (χ3v) is 4.07. The van der Waals surface area contributed by atoms with Gasteiger partial charge in [-0.3, -0.25) is 0 Å². The molecular formula is C14H25IN4OS. The Bertz CT molecular complexity index is 432. The molecule has 2 N–H and O–H groups in total. The van der Waals surface area contributed by atoms with E-state index in [1.807, 2.05) is 6.20 Å². The molecule has 1 aromatic rings. The Morgan fingerprint density at radius 3 is 3.00 bits per heavy atom. The van der Waals surface area contributed by atoms with E-state index in [2.05, 4.69) is 34.5 Å². The van der Waals surface area contributed by atoms with Gasteiger partial charge in [-0.15, -0.1) is 35.3 Å². The second-order valence-electron chi connectivity index (χ2n) is 4.91. The molecule has 0 saturated carbocycles. The smallest absolute Gasteiger partial charge is 0.191 e. The van der Waals surface area contributed by atoms with Gasteiger partial charge in [0.05, 0.1) is 12.6 Å². The Hall–Kier alpha value is -0.410. The summed E-state index contributed by atoms with van der Waals surface area (Å²) in [6, 6.07) is 0. The lowest BCUT2D eigenvalue weighted by molar-refractivity contribution is 0.105. The Kier molecular flexibility index (Phi) is 9.18. The first-order valence-electron chi connectivity index (χ1n) is 7.33. The molecule has 0 radical (unpaired) electrons. The van der Waals surface area contributed by atoms with Crippen LogP contribution in [0.4, 0.5) is 0 Å². The molecule has 2 heterocycles. The van der Waals surface area contributed by atoms with Crippen LogP contribution < -0.4 is 10.6 Å². The van der Waals surface area contributed by atoms with E-state index in [0.29, 0.717) is 12.6 Å². The Morgan fingerprint density at radius 1 is 1.52 bits per heavy atom. The molecule has 0 aromatic carbocycles. The van der Waals surface area contributed by atoms with E-state index < -0.39 is 0 Å². The summed E-state index contributed by atoms with van der Waals surface area (Å²) in [5.41, 5.74) is 0. The van der Waals surface area contributed by atoms with Crippen LogP contribution in [0.5, 0.6) is 0 Å². The van der Waals surface area contributed by atoms with Gasteiger partial charge < -0.3 is 15.4 Å². The number of ether oxygens (including phenoxy) is 1. The van der Waals surface area contributed by atoms with Crippen LogP contribution in [0.25, 0.3) is 0 Å². The van der Waals surface area contributed by atoms with Gasteiger partial charge in [-0.05, 0) is 33.1 Å². The quantitative estimate of drug-likeness (QED) is 0.419. The van der Waals surface area contributed by atoms with Gasteiger partial charge in [-0.25, -0.2) is 9.98 Å². The molecule has 21 heavy (non-hydrogen) atoms. The lowest BCUT2D eigenvalue weighted by Gasteiger charge is -2.13. The van der Waals surface area contributed by atoms with Crippen molar-refractivity contribution in [2.24, 2.45) is 4.99 Å². The standard InChI is InChI=1S/C14H24N4OS.HI/c1-3-15-14(16-7-6-12-5-4-8-19-12)18-10-13-17-9-11(2)20-13;/h9,12H,3-8,10H2,1-2H3,(H2,15,16,18);1H. The lowest BCUT2D eigenvalue weighted by Crippen LogP contribution is -2.38. The number of rotatable bonds is 6. The van der Waals surface area contributed by atoms with Crippen molar-refractivity contribution < 1.29 is 4.74 Å². The maximum absolute atomic E-state index is 5.62. The molecule has 0 aliphatic carbocycles. The van der Waals surface area contributed by atoms with Crippen molar-refractivity contribution in [3.63, 3.8) is 0 Å². The molecule has 2 rings (SSSR count). The van der Waals surface area contributed by atoms with Crippen LogP contribution in [0.3, 0.4) is 0 Å². The highest BCUT2D eigenvalue weighted by molar-refractivity contribution is 14.0. The van der Waals surface area contributed by atoms with Crippen LogP contribution in [-0.2, 0) is 11.3 Å². The first-order valence-corrected chi connectivity index (χ1v) is 8.14. The van der Waals surface area contributed by atoms with Crippen LogP contribution >= 0.6 is 35.3 Å². The van der Waals surface area contributed by atoms with Crippen molar-refractivity contribution in [1.82, 2.24) is 15.6 Å². The maximum Gasteiger partial charge on any atom is 0.191 e. The maximum atomic E-state index is 5.62. The first-order chi connectivity index (χ1) is 9.78. The number of hydrogen-bond acceptors (Lipinski definition) is 4. The highest BCUT2D eigenvalue weighted by atomic mass is 127. The number of nitrogens with one attached hydrogen (secondary N) is 2. The van der Waals surface area contributed by atoms with Gasteiger partial charge in [-0.2, -0.15) is 0 Å². The van der Waals surface area contributed by atoms with Gasteiger partial charge in [0, 0.05) is 30.8 Å². The number of nitrogens with zero attached hydrogens (tertiary/aromatic N) is 2. The second kappa shape index (κ2) is 10.3. The molecule has 0 spiro atoms. The largest absolute Gasteiger partial charge is 0.378 e. The fourth-order valence-electron chi connectivity index (χ4n) is 2.19. The molecule has 1 fully saturated rings. The molecule has 0 amide bonds. The van der Waals surface area contributed by atoms with Gasteiger partial charge in [0.25, 0.3) is 0 Å². The van der Waals surface area contributed by atoms with Crippen molar-refractivity contribution >= 4 is 41.3 Å². The molecule has 120 valence electrons. The zero-order chi connectivity index (χ0) is 14.2. The number of aliphatic imine (C=N–C) groups is 1. The number of halogens is 1. The van der Waals surface area contributed by atoms with Crippen molar-refractivity contribution in [3.8, 4) is 0 Å². The number of aryl methyl sites for hydroxylation is 1. The summed E-state index contributed by atoms with van der Waals surface area (Å²) in [7, 11) is 0. The van der Waals surface area contributed by atoms with Crippen LogP contribution in [0.15, 0.2) is 11.2 Å². The minimum absolute atomic E-state index is 0. The fraction of sp³-hybridized carbons (Fsp3) is 0.714. The fourth-order valence-corrected chi connectivity index (χ4v) is 2.90. The van der Waals surface area contributed by atoms with Crippen molar-refractivity contribution in [1.29, 1.82) is 0 Å². The van der Waals surface area contributed by atoms with Crippen LogP contribution in [0.2, 0.25) is 0 Å². The molecule has 1 aliphatic heterocycles. The topological polar surface area (TPSA) is 58.5 Å². The SMILES string of the molecule is CCNC(=NCc1ncc(C)s1)NCCC1CCCO1.I. The summed E-state index contributed by atoms with van der Waals surface area (Å²) < 4.78 is 5.62. The van der Waals surface area contributed by atoms with Gasteiger partial charge in [-0.1, -0.05) is 0 Å². The van der Waals surface area contributed by atoms with Crippen LogP contribution in [-0.4, -0.2) is 36.7 Å². The molecule has 1 unspecified atom stereocenters. The summed E-state index contributed by atoms with van der Waals surface area (Å²) in [5, 5.41) is 7.67. The zero-order valence-corrected chi connectivity index (χ0v) is 15.9. The van der Waals surface area contributed by atoms with E-state index in [1.54, 1.807) is 11.3 Å². The van der Waals surface area contributed by atoms with Crippen molar-refractivity contribution in [3.05, 3.63) is 16.1 Å². The van der Waals surface area contributed by atoms with E-state index in [-0.39, 0.29) is 24.0 Å². The summed E-state index contributed by atoms with van der Waals surface area (Å²) >= 11 is 1.70. The monoisotopic (exact) mass is 424 g/mol. The number of thiazole rings is 1. The Labute approximate surface area is 148 Å². The average Bonchev–Trinajstić information content (AvgIpc) is 3.07. The number of hydrogen-bond donors (Lipinski definition) is 2. The third kappa shape index (κ3) is 6.92. The highest BCUT2D eigenvalue weighted by Gasteiger charge is 2.14. The molecule has 1 atom stereocenters. The lowest BCUT2D eigenvalue weighted by atomic mass is 10.2. The van der Waals surface area contributed by atoms with E-state index in [1.165, 1.54) is 17.7 Å². The van der Waals surface area contributed by atoms with E-state index in [9.17, 15) is 0 Å². The van der Waals surface area contributed by atoms with Crippen molar-refractivity contribution in [2.75, 3.05) is 19.7 Å². The van der Waals surface area contributed by atoms with E-state index in [0.717, 1.165) is 37.1 Å². The van der Waals surface area contributed by atoms with Crippen molar-refractivity contribution in [2.45, 2.75) is 45.8 Å². The minimum Gasteiger partial charge on any atom is -0.378 e. The summed E-state index contributed by atoms with van der Waals surface area (Å²) in [6.07, 6.45) is 5.75. The van der Waals surface area contributed by atoms with E-state index >= 15 is 0 Å². The molecule has 1 saturated heterocycles. The molecule has 1 aromatic heterocycles. The Balaban J connectivity index is 0.00000220. The molecular weight excluding hydrogens is 399 g/mol. The summed E-state index contributed by atoms with van der Waals surface area (Å²) in [6.45, 7) is 7.45. The van der Waals surface area contributed by atoms with Gasteiger partial charge in [0.2, 0.25) is 0 Å². The normalized spacial score (nSPS) is 18.4. The second-order valence-corrected chi connectivity index (χ2v) is 6.23. The first kappa shape index (κ1) is 18.6. The van der Waals surface area contributed by atoms with Crippen LogP contribution in [0, 0.1) is 6.92 Å². The molecule has 1 aliphatic rings. The van der Waals surface area contributed by atoms with Gasteiger partial charge >= 0.3 is 0 Å². The highest BCUT2D eigenvalue weighted by Crippen LogP contribution is 2.14.